The molecule has 0 aromatic carbocycles. The second kappa shape index (κ2) is 4.82. The van der Waals surface area contributed by atoms with Gasteiger partial charge in [0.25, 0.3) is 0 Å². The predicted octanol–water partition coefficient (Wildman–Crippen LogP) is 1.40. The fraction of sp³-hybridized carbons (Fsp3) is 0.929. The van der Waals surface area contributed by atoms with Crippen LogP contribution in [0.25, 0.3) is 0 Å². The largest absolute Gasteiger partial charge is 0.369 e. The first-order chi connectivity index (χ1) is 8.38. The number of carbonyl (C=O) groups excluding carboxylic acids is 1. The summed E-state index contributed by atoms with van der Waals surface area (Å²) >= 11 is 0. The lowest BCUT2D eigenvalue weighted by molar-refractivity contribution is -0.166. The highest BCUT2D eigenvalue weighted by molar-refractivity contribution is 5.83. The molecule has 0 aromatic rings. The molecule has 2 fully saturated rings. The zero-order valence-electron chi connectivity index (χ0n) is 12.1. The molecule has 1 amide bonds. The van der Waals surface area contributed by atoms with Crippen molar-refractivity contribution in [2.45, 2.75) is 52.2 Å². The number of hydrogen-bond donors (Lipinski definition) is 1. The van der Waals surface area contributed by atoms with Crippen LogP contribution in [-0.2, 0) is 9.53 Å². The van der Waals surface area contributed by atoms with Gasteiger partial charge >= 0.3 is 0 Å². The Hall–Kier alpha value is -0.610. The van der Waals surface area contributed by atoms with Crippen molar-refractivity contribution in [3.63, 3.8) is 0 Å². The topological polar surface area (TPSA) is 41.6 Å². The molecule has 0 saturated carbocycles. The summed E-state index contributed by atoms with van der Waals surface area (Å²) in [5.41, 5.74) is -0.401. The van der Waals surface area contributed by atoms with Crippen LogP contribution in [0, 0.1) is 5.41 Å². The lowest BCUT2D eigenvalue weighted by atomic mass is 9.82. The summed E-state index contributed by atoms with van der Waals surface area (Å²) in [5, 5.41) is 3.34. The molecule has 2 unspecified atom stereocenters. The molecule has 0 spiro atoms. The molecule has 2 heterocycles. The lowest BCUT2D eigenvalue weighted by Crippen LogP contribution is -2.57. The van der Waals surface area contributed by atoms with E-state index in [4.69, 9.17) is 4.74 Å². The van der Waals surface area contributed by atoms with Crippen LogP contribution in [0.15, 0.2) is 0 Å². The Bertz CT molecular complexity index is 322. The van der Waals surface area contributed by atoms with Gasteiger partial charge in [0, 0.05) is 19.6 Å². The van der Waals surface area contributed by atoms with E-state index in [1.54, 1.807) is 0 Å². The third-order valence-corrected chi connectivity index (χ3v) is 4.23. The van der Waals surface area contributed by atoms with E-state index in [0.29, 0.717) is 12.5 Å². The van der Waals surface area contributed by atoms with Crippen molar-refractivity contribution in [1.29, 1.82) is 0 Å². The fourth-order valence-corrected chi connectivity index (χ4v) is 3.32. The van der Waals surface area contributed by atoms with Crippen molar-refractivity contribution < 1.29 is 9.53 Å². The first-order valence-electron chi connectivity index (χ1n) is 7.06. The summed E-state index contributed by atoms with van der Waals surface area (Å²) < 4.78 is 5.87. The number of nitrogens with one attached hydrogen (secondary N) is 1. The smallest absolute Gasteiger partial charge is 0.230 e. The van der Waals surface area contributed by atoms with Crippen molar-refractivity contribution in [2.75, 3.05) is 26.2 Å². The molecule has 4 nitrogen and oxygen atoms in total. The normalized spacial score (nSPS) is 35.8. The molecule has 2 aliphatic rings. The third-order valence-electron chi connectivity index (χ3n) is 4.23. The van der Waals surface area contributed by atoms with Crippen molar-refractivity contribution in [3.05, 3.63) is 0 Å². The number of morpholine rings is 1. The quantitative estimate of drug-likeness (QED) is 0.810. The zero-order valence-corrected chi connectivity index (χ0v) is 12.1. The average Bonchev–Trinajstić information content (AvgIpc) is 2.75. The molecule has 0 aromatic heterocycles. The number of nitrogens with zero attached hydrogens (tertiary/aromatic N) is 1. The number of ether oxygens (including phenoxy) is 1. The van der Waals surface area contributed by atoms with Crippen LogP contribution < -0.4 is 5.32 Å². The third kappa shape index (κ3) is 2.54. The minimum atomic E-state index is -0.228. The summed E-state index contributed by atoms with van der Waals surface area (Å²) in [6.07, 6.45) is 2.01. The minimum Gasteiger partial charge on any atom is -0.369 e. The van der Waals surface area contributed by atoms with E-state index in [-0.39, 0.29) is 17.1 Å². The van der Waals surface area contributed by atoms with E-state index in [0.717, 1.165) is 32.5 Å². The monoisotopic (exact) mass is 254 g/mol. The summed E-state index contributed by atoms with van der Waals surface area (Å²) in [7, 11) is 0. The summed E-state index contributed by atoms with van der Waals surface area (Å²) in [5.74, 6) is 0.318. The number of carbonyl (C=O) groups is 1. The van der Waals surface area contributed by atoms with Crippen LogP contribution in [-0.4, -0.2) is 48.7 Å². The highest BCUT2D eigenvalue weighted by Gasteiger charge is 2.45. The number of rotatable bonds is 2. The van der Waals surface area contributed by atoms with Crippen molar-refractivity contribution in [2.24, 2.45) is 5.41 Å². The highest BCUT2D eigenvalue weighted by Crippen LogP contribution is 2.34. The predicted molar refractivity (Wildman–Crippen MR) is 71.4 cm³/mol. The zero-order chi connectivity index (χ0) is 13.4. The fourth-order valence-electron chi connectivity index (χ4n) is 3.32. The van der Waals surface area contributed by atoms with Gasteiger partial charge in [-0.2, -0.15) is 0 Å². The Balaban J connectivity index is 2.12. The SMILES string of the molecule is CCC1(C(=O)N2CC(C)OC(C)(C)C2)CCNC1. The van der Waals surface area contributed by atoms with Gasteiger partial charge in [-0.25, -0.2) is 0 Å². The highest BCUT2D eigenvalue weighted by atomic mass is 16.5. The van der Waals surface area contributed by atoms with Crippen LogP contribution >= 0.6 is 0 Å². The van der Waals surface area contributed by atoms with Gasteiger partial charge in [0.1, 0.15) is 0 Å². The molecule has 0 aliphatic carbocycles. The number of amides is 1. The Morgan fingerprint density at radius 2 is 2.22 bits per heavy atom. The molecular formula is C14H26N2O2. The van der Waals surface area contributed by atoms with E-state index in [9.17, 15) is 4.79 Å². The Labute approximate surface area is 110 Å². The average molecular weight is 254 g/mol. The molecule has 0 bridgehead atoms. The molecule has 4 heteroatoms. The number of hydrogen-bond acceptors (Lipinski definition) is 3. The second-order valence-electron chi connectivity index (χ2n) is 6.43. The summed E-state index contributed by atoms with van der Waals surface area (Å²) in [6, 6.07) is 0. The van der Waals surface area contributed by atoms with E-state index in [2.05, 4.69) is 26.1 Å². The molecular weight excluding hydrogens is 228 g/mol. The summed E-state index contributed by atoms with van der Waals surface area (Å²) in [4.78, 5) is 14.8. The first kappa shape index (κ1) is 13.8. The Kier molecular flexibility index (Phi) is 3.70. The van der Waals surface area contributed by atoms with E-state index < -0.39 is 0 Å². The van der Waals surface area contributed by atoms with Crippen LogP contribution in [0.2, 0.25) is 0 Å². The van der Waals surface area contributed by atoms with E-state index in [1.165, 1.54) is 0 Å². The van der Waals surface area contributed by atoms with Crippen molar-refractivity contribution in [3.8, 4) is 0 Å². The van der Waals surface area contributed by atoms with E-state index >= 15 is 0 Å². The van der Waals surface area contributed by atoms with Gasteiger partial charge < -0.3 is 15.0 Å². The Morgan fingerprint density at radius 1 is 1.50 bits per heavy atom. The van der Waals surface area contributed by atoms with Crippen LogP contribution in [0.3, 0.4) is 0 Å². The van der Waals surface area contributed by atoms with Crippen LogP contribution in [0.5, 0.6) is 0 Å². The molecule has 2 saturated heterocycles. The minimum absolute atomic E-state index is 0.126. The molecule has 2 rings (SSSR count). The van der Waals surface area contributed by atoms with Gasteiger partial charge in [0.05, 0.1) is 17.1 Å². The second-order valence-corrected chi connectivity index (χ2v) is 6.43. The van der Waals surface area contributed by atoms with Gasteiger partial charge in [-0.3, -0.25) is 4.79 Å². The van der Waals surface area contributed by atoms with Crippen molar-refractivity contribution in [1.82, 2.24) is 10.2 Å². The molecule has 18 heavy (non-hydrogen) atoms. The summed E-state index contributed by atoms with van der Waals surface area (Å²) in [6.45, 7) is 11.5. The van der Waals surface area contributed by atoms with Gasteiger partial charge in [0.15, 0.2) is 0 Å². The van der Waals surface area contributed by atoms with Crippen molar-refractivity contribution >= 4 is 5.91 Å². The van der Waals surface area contributed by atoms with Crippen LogP contribution in [0.4, 0.5) is 0 Å². The molecule has 104 valence electrons. The molecule has 1 N–H and O–H groups in total. The maximum atomic E-state index is 12.8. The standard InChI is InChI=1S/C14H26N2O2/c1-5-14(6-7-15-9-14)12(17)16-8-11(2)18-13(3,4)10-16/h11,15H,5-10H2,1-4H3. The first-order valence-corrected chi connectivity index (χ1v) is 7.06. The van der Waals surface area contributed by atoms with E-state index in [1.807, 2.05) is 11.8 Å². The molecule has 2 atom stereocenters. The van der Waals surface area contributed by atoms with Gasteiger partial charge in [-0.1, -0.05) is 6.92 Å². The maximum Gasteiger partial charge on any atom is 0.230 e. The molecule has 0 radical (unpaired) electrons. The Morgan fingerprint density at radius 3 is 2.72 bits per heavy atom. The lowest BCUT2D eigenvalue weighted by Gasteiger charge is -2.44. The van der Waals surface area contributed by atoms with Gasteiger partial charge in [0.2, 0.25) is 5.91 Å². The van der Waals surface area contributed by atoms with Gasteiger partial charge in [-0.05, 0) is 40.2 Å². The molecule has 2 aliphatic heterocycles. The van der Waals surface area contributed by atoms with Gasteiger partial charge in [-0.15, -0.1) is 0 Å². The van der Waals surface area contributed by atoms with Crippen LogP contribution in [0.1, 0.15) is 40.5 Å². The maximum absolute atomic E-state index is 12.8.